The van der Waals surface area contributed by atoms with Gasteiger partial charge in [-0.3, -0.25) is 0 Å². The van der Waals surface area contributed by atoms with Crippen LogP contribution < -0.4 is 5.32 Å². The number of nitrogens with zero attached hydrogens (tertiary/aromatic N) is 1. The maximum atomic E-state index is 3.52. The van der Waals surface area contributed by atoms with E-state index < -0.39 is 0 Å². The minimum atomic E-state index is 0.455. The van der Waals surface area contributed by atoms with E-state index in [0.29, 0.717) is 5.41 Å². The Morgan fingerprint density at radius 2 is 2.06 bits per heavy atom. The van der Waals surface area contributed by atoms with Crippen molar-refractivity contribution < 1.29 is 0 Å². The molecule has 1 N–H and O–H groups in total. The molecule has 0 radical (unpaired) electrons. The molecule has 1 heterocycles. The summed E-state index contributed by atoms with van der Waals surface area (Å²) in [5.41, 5.74) is 0.455. The summed E-state index contributed by atoms with van der Waals surface area (Å²) in [6.45, 7) is 15.5. The van der Waals surface area contributed by atoms with E-state index in [4.69, 9.17) is 0 Å². The van der Waals surface area contributed by atoms with Crippen molar-refractivity contribution in [2.75, 3.05) is 32.7 Å². The summed E-state index contributed by atoms with van der Waals surface area (Å²) >= 11 is 0. The number of likely N-dealkylation sites (tertiary alicyclic amines) is 1. The number of hydrogen-bond acceptors (Lipinski definition) is 2. The first-order valence-electron chi connectivity index (χ1n) is 7.56. The molecular weight excluding hydrogens is 208 g/mol. The highest BCUT2D eigenvalue weighted by atomic mass is 15.2. The molecule has 1 fully saturated rings. The third-order valence-electron chi connectivity index (χ3n) is 4.33. The highest BCUT2D eigenvalue weighted by Gasteiger charge is 2.29. The standard InChI is InChI=1S/C15H32N2/c1-5-8-14-9-10-17(11-14)13-15(4,6-2)12-16-7-3/h14,16H,5-13H2,1-4H3. The average Bonchev–Trinajstić information content (AvgIpc) is 2.74. The van der Waals surface area contributed by atoms with Gasteiger partial charge in [-0.2, -0.15) is 0 Å². The topological polar surface area (TPSA) is 15.3 Å². The number of rotatable bonds is 8. The molecule has 2 heteroatoms. The fraction of sp³-hybridized carbons (Fsp3) is 1.00. The van der Waals surface area contributed by atoms with E-state index >= 15 is 0 Å². The molecule has 1 rings (SSSR count). The van der Waals surface area contributed by atoms with Crippen molar-refractivity contribution in [2.45, 2.75) is 53.4 Å². The van der Waals surface area contributed by atoms with Gasteiger partial charge >= 0.3 is 0 Å². The van der Waals surface area contributed by atoms with Gasteiger partial charge in [-0.15, -0.1) is 0 Å². The van der Waals surface area contributed by atoms with E-state index in [9.17, 15) is 0 Å². The lowest BCUT2D eigenvalue weighted by molar-refractivity contribution is 0.176. The summed E-state index contributed by atoms with van der Waals surface area (Å²) in [5.74, 6) is 0.972. The molecule has 0 aromatic rings. The van der Waals surface area contributed by atoms with Crippen LogP contribution >= 0.6 is 0 Å². The first-order chi connectivity index (χ1) is 8.13. The van der Waals surface area contributed by atoms with Gasteiger partial charge in [0.1, 0.15) is 0 Å². The van der Waals surface area contributed by atoms with E-state index in [1.807, 2.05) is 0 Å². The lowest BCUT2D eigenvalue weighted by Crippen LogP contribution is -2.41. The van der Waals surface area contributed by atoms with Crippen LogP contribution in [0.25, 0.3) is 0 Å². The second-order valence-electron chi connectivity index (χ2n) is 6.12. The lowest BCUT2D eigenvalue weighted by atomic mass is 9.86. The average molecular weight is 240 g/mol. The van der Waals surface area contributed by atoms with E-state index in [1.165, 1.54) is 45.3 Å². The first kappa shape index (κ1) is 15.0. The first-order valence-corrected chi connectivity index (χ1v) is 7.56. The molecule has 1 saturated heterocycles. The van der Waals surface area contributed by atoms with Gasteiger partial charge in [0, 0.05) is 19.6 Å². The van der Waals surface area contributed by atoms with E-state index in [1.54, 1.807) is 0 Å². The Bertz CT molecular complexity index is 205. The van der Waals surface area contributed by atoms with Crippen LogP contribution in [0.15, 0.2) is 0 Å². The van der Waals surface area contributed by atoms with Crippen LogP contribution in [-0.2, 0) is 0 Å². The van der Waals surface area contributed by atoms with Crippen molar-refractivity contribution in [1.82, 2.24) is 10.2 Å². The summed E-state index contributed by atoms with van der Waals surface area (Å²) in [4.78, 5) is 2.70. The molecular formula is C15H32N2. The maximum Gasteiger partial charge on any atom is 0.00475 e. The molecule has 17 heavy (non-hydrogen) atoms. The molecule has 0 bridgehead atoms. The van der Waals surface area contributed by atoms with Gasteiger partial charge in [0.15, 0.2) is 0 Å². The fourth-order valence-electron chi connectivity index (χ4n) is 2.96. The zero-order valence-corrected chi connectivity index (χ0v) is 12.4. The van der Waals surface area contributed by atoms with Crippen LogP contribution in [0.5, 0.6) is 0 Å². The quantitative estimate of drug-likeness (QED) is 0.701. The normalized spacial score (nSPS) is 25.1. The molecule has 0 aromatic heterocycles. The summed E-state index contributed by atoms with van der Waals surface area (Å²) < 4.78 is 0. The van der Waals surface area contributed by atoms with Crippen LogP contribution in [0.3, 0.4) is 0 Å². The van der Waals surface area contributed by atoms with Crippen molar-refractivity contribution in [1.29, 1.82) is 0 Å². The molecule has 0 amide bonds. The Labute approximate surface area is 108 Å². The Hall–Kier alpha value is -0.0800. The van der Waals surface area contributed by atoms with Gasteiger partial charge < -0.3 is 10.2 Å². The Morgan fingerprint density at radius 1 is 1.29 bits per heavy atom. The molecule has 0 aliphatic carbocycles. The summed E-state index contributed by atoms with van der Waals surface area (Å²) in [5, 5.41) is 3.52. The third-order valence-corrected chi connectivity index (χ3v) is 4.33. The second-order valence-corrected chi connectivity index (χ2v) is 6.12. The van der Waals surface area contributed by atoms with Crippen LogP contribution in [-0.4, -0.2) is 37.6 Å². The predicted octanol–water partition coefficient (Wildman–Crippen LogP) is 3.13. The van der Waals surface area contributed by atoms with Crippen LogP contribution in [0, 0.1) is 11.3 Å². The fourth-order valence-corrected chi connectivity index (χ4v) is 2.96. The Balaban J connectivity index is 2.36. The van der Waals surface area contributed by atoms with Crippen molar-refractivity contribution in [2.24, 2.45) is 11.3 Å². The largest absolute Gasteiger partial charge is 0.316 e. The van der Waals surface area contributed by atoms with Crippen molar-refractivity contribution in [3.63, 3.8) is 0 Å². The van der Waals surface area contributed by atoms with Crippen LogP contribution in [0.1, 0.15) is 53.4 Å². The highest BCUT2D eigenvalue weighted by Crippen LogP contribution is 2.27. The van der Waals surface area contributed by atoms with E-state index in [2.05, 4.69) is 37.9 Å². The minimum Gasteiger partial charge on any atom is -0.316 e. The second kappa shape index (κ2) is 7.38. The summed E-state index contributed by atoms with van der Waals surface area (Å²) in [6, 6.07) is 0. The Kier molecular flexibility index (Phi) is 6.50. The highest BCUT2D eigenvalue weighted by molar-refractivity contribution is 4.84. The Morgan fingerprint density at radius 3 is 2.65 bits per heavy atom. The molecule has 1 aliphatic heterocycles. The summed E-state index contributed by atoms with van der Waals surface area (Å²) in [7, 11) is 0. The molecule has 2 unspecified atom stereocenters. The molecule has 0 spiro atoms. The van der Waals surface area contributed by atoms with Crippen molar-refractivity contribution in [3.8, 4) is 0 Å². The molecule has 102 valence electrons. The van der Waals surface area contributed by atoms with Gasteiger partial charge in [-0.1, -0.05) is 34.1 Å². The van der Waals surface area contributed by atoms with Gasteiger partial charge in [0.25, 0.3) is 0 Å². The number of nitrogens with one attached hydrogen (secondary N) is 1. The van der Waals surface area contributed by atoms with Gasteiger partial charge in [0.05, 0.1) is 0 Å². The smallest absolute Gasteiger partial charge is 0.00475 e. The van der Waals surface area contributed by atoms with Gasteiger partial charge in [-0.05, 0) is 43.7 Å². The van der Waals surface area contributed by atoms with Crippen LogP contribution in [0.2, 0.25) is 0 Å². The minimum absolute atomic E-state index is 0.455. The predicted molar refractivity (Wildman–Crippen MR) is 76.4 cm³/mol. The van der Waals surface area contributed by atoms with E-state index in [-0.39, 0.29) is 0 Å². The maximum absolute atomic E-state index is 3.52. The zero-order chi connectivity index (χ0) is 12.7. The summed E-state index contributed by atoms with van der Waals surface area (Å²) in [6.07, 6.45) is 5.47. The van der Waals surface area contributed by atoms with Crippen molar-refractivity contribution >= 4 is 0 Å². The molecule has 2 atom stereocenters. The van der Waals surface area contributed by atoms with Crippen LogP contribution in [0.4, 0.5) is 0 Å². The van der Waals surface area contributed by atoms with E-state index in [0.717, 1.165) is 19.0 Å². The zero-order valence-electron chi connectivity index (χ0n) is 12.4. The molecule has 0 aromatic carbocycles. The third kappa shape index (κ3) is 4.97. The number of hydrogen-bond donors (Lipinski definition) is 1. The molecule has 2 nitrogen and oxygen atoms in total. The SMILES string of the molecule is CCCC1CCN(CC(C)(CC)CNCC)C1. The molecule has 1 aliphatic rings. The van der Waals surface area contributed by atoms with Gasteiger partial charge in [-0.25, -0.2) is 0 Å². The lowest BCUT2D eigenvalue weighted by Gasteiger charge is -2.33. The van der Waals surface area contributed by atoms with Crippen molar-refractivity contribution in [3.05, 3.63) is 0 Å². The van der Waals surface area contributed by atoms with Gasteiger partial charge in [0.2, 0.25) is 0 Å². The molecule has 0 saturated carbocycles. The monoisotopic (exact) mass is 240 g/mol.